The van der Waals surface area contributed by atoms with Crippen LogP contribution in [0.4, 0.5) is 0 Å². The summed E-state index contributed by atoms with van der Waals surface area (Å²) < 4.78 is 10.4. The molecule has 0 aromatic heterocycles. The van der Waals surface area contributed by atoms with Gasteiger partial charge in [-0.05, 0) is 46.9 Å². The summed E-state index contributed by atoms with van der Waals surface area (Å²) in [7, 11) is 3.25. The van der Waals surface area contributed by atoms with Crippen molar-refractivity contribution in [3.63, 3.8) is 0 Å². The predicted octanol–water partition coefficient (Wildman–Crippen LogP) is 3.65. The number of rotatable bonds is 6. The van der Waals surface area contributed by atoms with Gasteiger partial charge < -0.3 is 15.2 Å². The fourth-order valence-corrected chi connectivity index (χ4v) is 2.69. The SMILES string of the molecule is COc1ccc(C(=C(C(N)=O)C(C)C)c2ccc(OC)cc2)cc1. The number of nitrogens with two attached hydrogens (primary N) is 1. The first kappa shape index (κ1) is 17.6. The Hall–Kier alpha value is -2.75. The van der Waals surface area contributed by atoms with E-state index in [4.69, 9.17) is 15.2 Å². The number of hydrogen-bond donors (Lipinski definition) is 1. The minimum absolute atomic E-state index is 0.00158. The van der Waals surface area contributed by atoms with Crippen LogP contribution >= 0.6 is 0 Å². The van der Waals surface area contributed by atoms with E-state index in [1.54, 1.807) is 14.2 Å². The molecule has 4 heteroatoms. The van der Waals surface area contributed by atoms with Gasteiger partial charge in [-0.3, -0.25) is 4.79 Å². The van der Waals surface area contributed by atoms with Crippen molar-refractivity contribution < 1.29 is 14.3 Å². The number of hydrogen-bond acceptors (Lipinski definition) is 3. The van der Waals surface area contributed by atoms with E-state index in [1.165, 1.54) is 0 Å². The Kier molecular flexibility index (Phi) is 5.64. The lowest BCUT2D eigenvalue weighted by Gasteiger charge is -2.17. The van der Waals surface area contributed by atoms with Crippen molar-refractivity contribution in [2.75, 3.05) is 14.2 Å². The van der Waals surface area contributed by atoms with Crippen LogP contribution in [0.3, 0.4) is 0 Å². The molecule has 0 saturated carbocycles. The number of amides is 1. The summed E-state index contributed by atoms with van der Waals surface area (Å²) in [5.74, 6) is 1.12. The molecule has 2 N–H and O–H groups in total. The van der Waals surface area contributed by atoms with Gasteiger partial charge >= 0.3 is 0 Å². The smallest absolute Gasteiger partial charge is 0.245 e. The van der Waals surface area contributed by atoms with Gasteiger partial charge in [-0.25, -0.2) is 0 Å². The molecule has 0 atom stereocenters. The predicted molar refractivity (Wildman–Crippen MR) is 96.0 cm³/mol. The van der Waals surface area contributed by atoms with Crippen LogP contribution in [0.25, 0.3) is 5.57 Å². The Morgan fingerprint density at radius 1 is 0.833 bits per heavy atom. The van der Waals surface area contributed by atoms with Crippen LogP contribution in [0.1, 0.15) is 25.0 Å². The number of primary amides is 1. The Morgan fingerprint density at radius 2 is 1.21 bits per heavy atom. The van der Waals surface area contributed by atoms with Gasteiger partial charge in [-0.2, -0.15) is 0 Å². The summed E-state index contributed by atoms with van der Waals surface area (Å²) in [5, 5.41) is 0. The van der Waals surface area contributed by atoms with Crippen LogP contribution in [0.2, 0.25) is 0 Å². The number of benzene rings is 2. The lowest BCUT2D eigenvalue weighted by atomic mass is 9.87. The van der Waals surface area contributed by atoms with Gasteiger partial charge in [0.2, 0.25) is 5.91 Å². The standard InChI is InChI=1S/C20H23NO3/c1-13(2)18(20(21)22)19(14-5-9-16(23-3)10-6-14)15-7-11-17(24-4)12-8-15/h5-13H,1-4H3,(H2,21,22). The van der Waals surface area contributed by atoms with E-state index >= 15 is 0 Å². The second-order valence-corrected chi connectivity index (χ2v) is 5.76. The molecular formula is C20H23NO3. The van der Waals surface area contributed by atoms with Crippen LogP contribution in [-0.2, 0) is 4.79 Å². The van der Waals surface area contributed by atoms with Gasteiger partial charge in [-0.1, -0.05) is 38.1 Å². The molecule has 0 aliphatic heterocycles. The molecule has 2 aromatic carbocycles. The van der Waals surface area contributed by atoms with E-state index < -0.39 is 5.91 Å². The van der Waals surface area contributed by atoms with Crippen molar-refractivity contribution in [3.8, 4) is 11.5 Å². The highest BCUT2D eigenvalue weighted by Crippen LogP contribution is 2.32. The van der Waals surface area contributed by atoms with Crippen molar-refractivity contribution in [1.82, 2.24) is 0 Å². The molecule has 2 aromatic rings. The average Bonchev–Trinajstić information content (AvgIpc) is 2.59. The fourth-order valence-electron chi connectivity index (χ4n) is 2.69. The van der Waals surface area contributed by atoms with Gasteiger partial charge in [0.15, 0.2) is 0 Å². The Bertz CT molecular complexity index is 679. The highest BCUT2D eigenvalue weighted by molar-refractivity contribution is 6.04. The fraction of sp³-hybridized carbons (Fsp3) is 0.250. The second-order valence-electron chi connectivity index (χ2n) is 5.76. The normalized spacial score (nSPS) is 10.4. The molecule has 0 aliphatic rings. The maximum Gasteiger partial charge on any atom is 0.245 e. The summed E-state index contributed by atoms with van der Waals surface area (Å²) in [5.41, 5.74) is 8.96. The summed E-state index contributed by atoms with van der Waals surface area (Å²) in [6.45, 7) is 3.93. The van der Waals surface area contributed by atoms with Crippen molar-refractivity contribution >= 4 is 11.5 Å². The Labute approximate surface area is 142 Å². The first-order valence-electron chi connectivity index (χ1n) is 7.80. The third-order valence-corrected chi connectivity index (χ3v) is 3.87. The summed E-state index contributed by atoms with van der Waals surface area (Å²) in [4.78, 5) is 12.1. The molecule has 0 fully saturated rings. The van der Waals surface area contributed by atoms with Gasteiger partial charge in [0, 0.05) is 5.57 Å². The quantitative estimate of drug-likeness (QED) is 0.825. The Morgan fingerprint density at radius 3 is 1.46 bits per heavy atom. The molecule has 0 bridgehead atoms. The maximum absolute atomic E-state index is 12.1. The summed E-state index contributed by atoms with van der Waals surface area (Å²) >= 11 is 0. The van der Waals surface area contributed by atoms with Gasteiger partial charge in [0.05, 0.1) is 14.2 Å². The minimum atomic E-state index is -0.411. The van der Waals surface area contributed by atoms with Crippen LogP contribution < -0.4 is 15.2 Å². The summed E-state index contributed by atoms with van der Waals surface area (Å²) in [6, 6.07) is 15.2. The van der Waals surface area contributed by atoms with E-state index in [9.17, 15) is 4.79 Å². The molecule has 1 amide bonds. The molecule has 0 heterocycles. The summed E-state index contributed by atoms with van der Waals surface area (Å²) in [6.07, 6.45) is 0. The number of carbonyl (C=O) groups excluding carboxylic acids is 1. The molecule has 24 heavy (non-hydrogen) atoms. The molecule has 0 saturated heterocycles. The topological polar surface area (TPSA) is 61.5 Å². The van der Waals surface area contributed by atoms with Crippen molar-refractivity contribution in [1.29, 1.82) is 0 Å². The van der Waals surface area contributed by atoms with E-state index in [0.717, 1.165) is 28.2 Å². The molecule has 0 aliphatic carbocycles. The molecule has 0 unspecified atom stereocenters. The zero-order valence-corrected chi connectivity index (χ0v) is 14.5. The van der Waals surface area contributed by atoms with Gasteiger partial charge in [-0.15, -0.1) is 0 Å². The van der Waals surface area contributed by atoms with Crippen LogP contribution in [0.5, 0.6) is 11.5 Å². The van der Waals surface area contributed by atoms with E-state index in [0.29, 0.717) is 5.57 Å². The van der Waals surface area contributed by atoms with Crippen molar-refractivity contribution in [2.45, 2.75) is 13.8 Å². The molecule has 4 nitrogen and oxygen atoms in total. The first-order valence-corrected chi connectivity index (χ1v) is 7.80. The second kappa shape index (κ2) is 7.68. The van der Waals surface area contributed by atoms with Crippen molar-refractivity contribution in [3.05, 3.63) is 65.2 Å². The highest BCUT2D eigenvalue weighted by Gasteiger charge is 2.19. The lowest BCUT2D eigenvalue weighted by molar-refractivity contribution is -0.114. The number of carbonyl (C=O) groups is 1. The molecule has 126 valence electrons. The molecule has 0 radical (unpaired) electrons. The van der Waals surface area contributed by atoms with Gasteiger partial charge in [0.25, 0.3) is 0 Å². The van der Waals surface area contributed by atoms with E-state index in [2.05, 4.69) is 0 Å². The van der Waals surface area contributed by atoms with Gasteiger partial charge in [0.1, 0.15) is 11.5 Å². The van der Waals surface area contributed by atoms with Crippen molar-refractivity contribution in [2.24, 2.45) is 11.7 Å². The zero-order valence-electron chi connectivity index (χ0n) is 14.5. The third kappa shape index (κ3) is 3.77. The first-order chi connectivity index (χ1) is 11.5. The minimum Gasteiger partial charge on any atom is -0.497 e. The molecule has 2 rings (SSSR count). The monoisotopic (exact) mass is 325 g/mol. The Balaban J connectivity index is 2.67. The maximum atomic E-state index is 12.1. The lowest BCUT2D eigenvalue weighted by Crippen LogP contribution is -2.20. The molecular weight excluding hydrogens is 302 g/mol. The highest BCUT2D eigenvalue weighted by atomic mass is 16.5. The van der Waals surface area contributed by atoms with Crippen LogP contribution in [0.15, 0.2) is 54.1 Å². The van der Waals surface area contributed by atoms with Crippen LogP contribution in [-0.4, -0.2) is 20.1 Å². The third-order valence-electron chi connectivity index (χ3n) is 3.87. The number of ether oxygens (including phenoxy) is 2. The average molecular weight is 325 g/mol. The largest absolute Gasteiger partial charge is 0.497 e. The van der Waals surface area contributed by atoms with Crippen LogP contribution in [0, 0.1) is 5.92 Å². The number of methoxy groups -OCH3 is 2. The molecule has 0 spiro atoms. The van der Waals surface area contributed by atoms with E-state index in [-0.39, 0.29) is 5.92 Å². The zero-order chi connectivity index (χ0) is 17.7. The van der Waals surface area contributed by atoms with E-state index in [1.807, 2.05) is 62.4 Å².